The molecule has 4 aromatic carbocycles. The van der Waals surface area contributed by atoms with Crippen molar-refractivity contribution < 1.29 is 23.5 Å². The first-order valence-corrected chi connectivity index (χ1v) is 12.0. The molecule has 1 N–H and O–H groups in total. The lowest BCUT2D eigenvalue weighted by atomic mass is 10.0. The predicted octanol–water partition coefficient (Wildman–Crippen LogP) is 5.40. The number of amides is 3. The van der Waals surface area contributed by atoms with Crippen LogP contribution in [0.25, 0.3) is 0 Å². The lowest BCUT2D eigenvalue weighted by Gasteiger charge is -2.38. The van der Waals surface area contributed by atoms with Crippen LogP contribution in [0.2, 0.25) is 0 Å². The Labute approximate surface area is 218 Å². The summed E-state index contributed by atoms with van der Waals surface area (Å²) >= 11 is 0. The maximum Gasteiger partial charge on any atom is 0.262 e. The van der Waals surface area contributed by atoms with E-state index < -0.39 is 12.0 Å². The topological polar surface area (TPSA) is 79.0 Å². The summed E-state index contributed by atoms with van der Waals surface area (Å²) in [5.74, 6) is -0.887. The molecule has 0 radical (unpaired) electrons. The SMILES string of the molecule is COc1ccc([C@H]2Nc3ccccc3C(=O)N2c2ccc(F)cc2)cc1CN1C(=O)c2ccccc2C1=O. The van der Waals surface area contributed by atoms with E-state index in [1.807, 2.05) is 24.3 Å². The third kappa shape index (κ3) is 3.78. The molecule has 6 rings (SSSR count). The Morgan fingerprint density at radius 2 is 1.42 bits per heavy atom. The first-order valence-electron chi connectivity index (χ1n) is 12.0. The molecule has 188 valence electrons. The minimum absolute atomic E-state index is 0.00282. The first-order chi connectivity index (χ1) is 18.5. The molecular weight excluding hydrogens is 485 g/mol. The number of rotatable bonds is 5. The Balaban J connectivity index is 1.41. The third-order valence-corrected chi connectivity index (χ3v) is 6.86. The van der Waals surface area contributed by atoms with Gasteiger partial charge in [0.15, 0.2) is 0 Å². The van der Waals surface area contributed by atoms with Crippen LogP contribution in [0.3, 0.4) is 0 Å². The molecule has 0 aromatic heterocycles. The fourth-order valence-electron chi connectivity index (χ4n) is 5.00. The number of carbonyl (C=O) groups is 3. The van der Waals surface area contributed by atoms with Crippen LogP contribution in [0.4, 0.5) is 15.8 Å². The smallest absolute Gasteiger partial charge is 0.262 e. The van der Waals surface area contributed by atoms with Crippen LogP contribution in [0.15, 0.2) is 91.0 Å². The van der Waals surface area contributed by atoms with Gasteiger partial charge in [-0.3, -0.25) is 24.2 Å². The normalized spacial score (nSPS) is 16.3. The maximum atomic E-state index is 13.7. The standard InChI is InChI=1S/C30H22FN3O4/c1-38-26-15-10-18(16-19(26)17-33-28(35)22-6-2-3-7-23(22)29(33)36)27-32-25-9-5-4-8-24(25)30(37)34(27)21-13-11-20(31)12-14-21/h2-16,27,32H,17H2,1H3/t27-/m0/s1. The summed E-state index contributed by atoms with van der Waals surface area (Å²) in [5, 5.41) is 3.42. The van der Waals surface area contributed by atoms with Crippen LogP contribution in [0.5, 0.6) is 5.75 Å². The van der Waals surface area contributed by atoms with Gasteiger partial charge >= 0.3 is 0 Å². The summed E-state index contributed by atoms with van der Waals surface area (Å²) in [6.45, 7) is -0.00282. The predicted molar refractivity (Wildman–Crippen MR) is 140 cm³/mol. The highest BCUT2D eigenvalue weighted by molar-refractivity contribution is 6.21. The largest absolute Gasteiger partial charge is 0.496 e. The van der Waals surface area contributed by atoms with Crippen molar-refractivity contribution in [1.82, 2.24) is 4.90 Å². The lowest BCUT2D eigenvalue weighted by Crippen LogP contribution is -2.43. The van der Waals surface area contributed by atoms with Gasteiger partial charge in [-0.2, -0.15) is 0 Å². The Morgan fingerprint density at radius 1 is 0.789 bits per heavy atom. The van der Waals surface area contributed by atoms with E-state index in [9.17, 15) is 18.8 Å². The average molecular weight is 508 g/mol. The minimum Gasteiger partial charge on any atom is -0.496 e. The summed E-state index contributed by atoms with van der Waals surface area (Å²) in [6, 6.07) is 25.0. The first kappa shape index (κ1) is 23.4. The molecule has 2 aliphatic heterocycles. The van der Waals surface area contributed by atoms with E-state index in [0.717, 1.165) is 0 Å². The molecule has 3 amide bonds. The summed E-state index contributed by atoms with van der Waals surface area (Å²) in [5.41, 5.74) is 3.71. The number of imide groups is 1. The fraction of sp³-hybridized carbons (Fsp3) is 0.100. The highest BCUT2D eigenvalue weighted by atomic mass is 19.1. The summed E-state index contributed by atoms with van der Waals surface area (Å²) < 4.78 is 19.3. The Kier molecular flexibility index (Phi) is 5.64. The molecule has 0 bridgehead atoms. The minimum atomic E-state index is -0.644. The molecule has 2 heterocycles. The number of ether oxygens (including phenoxy) is 1. The number of hydrogen-bond acceptors (Lipinski definition) is 5. The van der Waals surface area contributed by atoms with Gasteiger partial charge in [0.2, 0.25) is 0 Å². The number of anilines is 2. The fourth-order valence-corrected chi connectivity index (χ4v) is 5.00. The van der Waals surface area contributed by atoms with Gasteiger partial charge in [-0.1, -0.05) is 30.3 Å². The summed E-state index contributed by atoms with van der Waals surface area (Å²) in [6.07, 6.45) is -0.644. The molecule has 38 heavy (non-hydrogen) atoms. The van der Waals surface area contributed by atoms with Crippen molar-refractivity contribution in [2.75, 3.05) is 17.3 Å². The highest BCUT2D eigenvalue weighted by Crippen LogP contribution is 2.38. The van der Waals surface area contributed by atoms with E-state index in [1.165, 1.54) is 24.1 Å². The van der Waals surface area contributed by atoms with Crippen LogP contribution in [0.1, 0.15) is 48.4 Å². The van der Waals surface area contributed by atoms with Crippen molar-refractivity contribution >= 4 is 29.1 Å². The Bertz CT molecular complexity index is 1570. The van der Waals surface area contributed by atoms with Crippen LogP contribution in [-0.2, 0) is 6.54 Å². The zero-order chi connectivity index (χ0) is 26.4. The van der Waals surface area contributed by atoms with Gasteiger partial charge in [0, 0.05) is 16.9 Å². The molecule has 8 heteroatoms. The van der Waals surface area contributed by atoms with Crippen molar-refractivity contribution in [2.45, 2.75) is 12.7 Å². The van der Waals surface area contributed by atoms with Gasteiger partial charge in [0.05, 0.1) is 30.3 Å². The van der Waals surface area contributed by atoms with Gasteiger partial charge in [0.1, 0.15) is 17.7 Å². The highest BCUT2D eigenvalue weighted by Gasteiger charge is 2.37. The number of nitrogens with one attached hydrogen (secondary N) is 1. The molecule has 0 saturated heterocycles. The van der Waals surface area contributed by atoms with Crippen molar-refractivity contribution in [3.63, 3.8) is 0 Å². The number of nitrogens with zero attached hydrogens (tertiary/aromatic N) is 2. The molecule has 4 aromatic rings. The number of halogens is 1. The Hall–Kier alpha value is -4.98. The van der Waals surface area contributed by atoms with Crippen molar-refractivity contribution in [1.29, 1.82) is 0 Å². The zero-order valence-electron chi connectivity index (χ0n) is 20.4. The molecule has 1 atom stereocenters. The molecule has 0 fully saturated rings. The van der Waals surface area contributed by atoms with Crippen molar-refractivity contribution in [3.8, 4) is 5.75 Å². The van der Waals surface area contributed by atoms with Gasteiger partial charge in [-0.15, -0.1) is 0 Å². The Morgan fingerprint density at radius 3 is 2.08 bits per heavy atom. The molecule has 7 nitrogen and oxygen atoms in total. The van der Waals surface area contributed by atoms with Crippen molar-refractivity contribution in [2.24, 2.45) is 0 Å². The number of para-hydroxylation sites is 1. The summed E-state index contributed by atoms with van der Waals surface area (Å²) in [7, 11) is 1.52. The van der Waals surface area contributed by atoms with Crippen LogP contribution < -0.4 is 15.0 Å². The molecule has 0 spiro atoms. The van der Waals surface area contributed by atoms with E-state index in [0.29, 0.717) is 44.9 Å². The number of fused-ring (bicyclic) bond motifs is 2. The van der Waals surface area contributed by atoms with E-state index in [1.54, 1.807) is 59.5 Å². The second kappa shape index (κ2) is 9.15. The molecule has 0 aliphatic carbocycles. The van der Waals surface area contributed by atoms with Crippen LogP contribution >= 0.6 is 0 Å². The van der Waals surface area contributed by atoms with E-state index in [4.69, 9.17) is 4.74 Å². The van der Waals surface area contributed by atoms with Gasteiger partial charge < -0.3 is 10.1 Å². The van der Waals surface area contributed by atoms with E-state index in [-0.39, 0.29) is 24.3 Å². The lowest BCUT2D eigenvalue weighted by molar-refractivity contribution is 0.0641. The number of benzene rings is 4. The summed E-state index contributed by atoms with van der Waals surface area (Å²) in [4.78, 5) is 42.4. The van der Waals surface area contributed by atoms with Crippen LogP contribution in [-0.4, -0.2) is 29.7 Å². The van der Waals surface area contributed by atoms with E-state index in [2.05, 4.69) is 5.32 Å². The molecule has 2 aliphatic rings. The zero-order valence-corrected chi connectivity index (χ0v) is 20.4. The molecule has 0 unspecified atom stereocenters. The quantitative estimate of drug-likeness (QED) is 0.366. The second-order valence-corrected chi connectivity index (χ2v) is 9.06. The number of carbonyl (C=O) groups excluding carboxylic acids is 3. The maximum absolute atomic E-state index is 13.7. The van der Waals surface area contributed by atoms with Gasteiger partial charge in [-0.05, 0) is 66.2 Å². The monoisotopic (exact) mass is 507 g/mol. The van der Waals surface area contributed by atoms with Gasteiger partial charge in [-0.25, -0.2) is 4.39 Å². The molecular formula is C30H22FN3O4. The molecule has 0 saturated carbocycles. The van der Waals surface area contributed by atoms with Crippen LogP contribution in [0, 0.1) is 5.82 Å². The average Bonchev–Trinajstić information content (AvgIpc) is 3.18. The third-order valence-electron chi connectivity index (χ3n) is 6.86. The number of hydrogen-bond donors (Lipinski definition) is 1. The van der Waals surface area contributed by atoms with E-state index >= 15 is 0 Å². The number of methoxy groups -OCH3 is 1. The van der Waals surface area contributed by atoms with Gasteiger partial charge in [0.25, 0.3) is 17.7 Å². The second-order valence-electron chi connectivity index (χ2n) is 9.06. The van der Waals surface area contributed by atoms with Crippen molar-refractivity contribution in [3.05, 3.63) is 125 Å².